The summed E-state index contributed by atoms with van der Waals surface area (Å²) in [5.41, 5.74) is 0. The van der Waals surface area contributed by atoms with Crippen LogP contribution in [-0.4, -0.2) is 30.3 Å². The second kappa shape index (κ2) is 3.75. The van der Waals surface area contributed by atoms with E-state index >= 15 is 0 Å². The molecule has 3 aliphatic carbocycles. The number of carbonyl (C=O) groups is 1. The van der Waals surface area contributed by atoms with Crippen LogP contribution in [0, 0.1) is 17.8 Å². The molecule has 2 fully saturated rings. The number of Topliss-reactive ketones (excluding diaryl/α,β-unsaturated/α-hetero) is 1. The first kappa shape index (κ1) is 9.59. The van der Waals surface area contributed by atoms with Gasteiger partial charge >= 0.3 is 0 Å². The Balaban J connectivity index is 1.60. The molecule has 1 saturated carbocycles. The van der Waals surface area contributed by atoms with Gasteiger partial charge in [0, 0.05) is 19.5 Å². The van der Waals surface area contributed by atoms with Crippen molar-refractivity contribution < 1.29 is 4.79 Å². The summed E-state index contributed by atoms with van der Waals surface area (Å²) in [6, 6.07) is 0. The number of hydrogen-bond acceptors (Lipinski definition) is 2. The molecule has 2 nitrogen and oxygen atoms in total. The molecule has 4 aliphatic rings. The van der Waals surface area contributed by atoms with Gasteiger partial charge in [-0.3, -0.25) is 9.69 Å². The lowest BCUT2D eigenvalue weighted by atomic mass is 9.69. The Bertz CT molecular complexity index is 297. The Morgan fingerprint density at radius 2 is 2.27 bits per heavy atom. The molecule has 0 aromatic rings. The maximum absolute atomic E-state index is 11.2. The number of likely N-dealkylation sites (tertiary alicyclic amines) is 1. The number of carbonyl (C=O) groups excluding carboxylic acids is 1. The first-order valence-electron chi connectivity index (χ1n) is 6.23. The number of ketones is 1. The molecular weight excluding hydrogens is 186 g/mol. The standard InChI is InChI=1S/C13H19NO/c15-13-5-6-14(9-13)8-12-7-10-1-3-11(12)4-2-10/h1,3,10-12H,2,4-9H2. The molecule has 3 unspecified atom stereocenters. The summed E-state index contributed by atoms with van der Waals surface area (Å²) in [7, 11) is 0. The molecule has 0 aromatic carbocycles. The van der Waals surface area contributed by atoms with E-state index in [1.807, 2.05) is 0 Å². The van der Waals surface area contributed by atoms with Crippen LogP contribution in [-0.2, 0) is 4.79 Å². The van der Waals surface area contributed by atoms with Gasteiger partial charge in [-0.15, -0.1) is 0 Å². The minimum atomic E-state index is 0.437. The zero-order valence-corrected chi connectivity index (χ0v) is 9.19. The molecule has 15 heavy (non-hydrogen) atoms. The summed E-state index contributed by atoms with van der Waals surface area (Å²) >= 11 is 0. The van der Waals surface area contributed by atoms with Gasteiger partial charge in [-0.2, -0.15) is 0 Å². The summed E-state index contributed by atoms with van der Waals surface area (Å²) < 4.78 is 0. The van der Waals surface area contributed by atoms with E-state index in [4.69, 9.17) is 0 Å². The Kier molecular flexibility index (Phi) is 2.39. The zero-order chi connectivity index (χ0) is 10.3. The number of fused-ring (bicyclic) bond motifs is 2. The summed E-state index contributed by atoms with van der Waals surface area (Å²) in [5, 5.41) is 0. The van der Waals surface area contributed by atoms with Crippen molar-refractivity contribution in [2.24, 2.45) is 17.8 Å². The molecule has 2 bridgehead atoms. The second-order valence-electron chi connectivity index (χ2n) is 5.41. The van der Waals surface area contributed by atoms with Crippen molar-refractivity contribution in [2.45, 2.75) is 25.7 Å². The largest absolute Gasteiger partial charge is 0.298 e. The molecule has 0 spiro atoms. The average Bonchev–Trinajstić information content (AvgIpc) is 2.66. The van der Waals surface area contributed by atoms with Crippen LogP contribution < -0.4 is 0 Å². The van der Waals surface area contributed by atoms with Crippen molar-refractivity contribution in [3.05, 3.63) is 12.2 Å². The van der Waals surface area contributed by atoms with Crippen LogP contribution in [0.5, 0.6) is 0 Å². The van der Waals surface area contributed by atoms with Crippen molar-refractivity contribution in [3.63, 3.8) is 0 Å². The molecule has 0 aromatic heterocycles. The lowest BCUT2D eigenvalue weighted by Crippen LogP contribution is -2.36. The predicted octanol–water partition coefficient (Wildman–Crippen LogP) is 1.86. The van der Waals surface area contributed by atoms with Crippen molar-refractivity contribution in [2.75, 3.05) is 19.6 Å². The highest BCUT2D eigenvalue weighted by atomic mass is 16.1. The minimum absolute atomic E-state index is 0.437. The quantitative estimate of drug-likeness (QED) is 0.641. The highest BCUT2D eigenvalue weighted by molar-refractivity contribution is 5.82. The second-order valence-corrected chi connectivity index (χ2v) is 5.41. The SMILES string of the molecule is O=C1CCN(CC2CC3C=CC2CC3)C1. The Morgan fingerprint density at radius 3 is 2.80 bits per heavy atom. The van der Waals surface area contributed by atoms with Crippen LogP contribution in [0.2, 0.25) is 0 Å². The summed E-state index contributed by atoms with van der Waals surface area (Å²) in [5.74, 6) is 2.93. The maximum Gasteiger partial charge on any atom is 0.148 e. The van der Waals surface area contributed by atoms with E-state index in [2.05, 4.69) is 17.1 Å². The number of allylic oxidation sites excluding steroid dienone is 2. The third kappa shape index (κ3) is 1.87. The van der Waals surface area contributed by atoms with E-state index in [-0.39, 0.29) is 0 Å². The molecule has 1 saturated heterocycles. The third-order valence-electron chi connectivity index (χ3n) is 4.31. The molecule has 82 valence electrons. The molecule has 0 N–H and O–H groups in total. The topological polar surface area (TPSA) is 20.3 Å². The lowest BCUT2D eigenvalue weighted by Gasteiger charge is -2.39. The Morgan fingerprint density at radius 1 is 1.33 bits per heavy atom. The number of hydrogen-bond donors (Lipinski definition) is 0. The van der Waals surface area contributed by atoms with Crippen molar-refractivity contribution in [3.8, 4) is 0 Å². The van der Waals surface area contributed by atoms with Gasteiger partial charge in [0.25, 0.3) is 0 Å². The van der Waals surface area contributed by atoms with Gasteiger partial charge in [-0.1, -0.05) is 12.2 Å². The fourth-order valence-electron chi connectivity index (χ4n) is 3.44. The van der Waals surface area contributed by atoms with Crippen LogP contribution in [0.15, 0.2) is 12.2 Å². The van der Waals surface area contributed by atoms with Crippen LogP contribution in [0.4, 0.5) is 0 Å². The van der Waals surface area contributed by atoms with Crippen LogP contribution in [0.1, 0.15) is 25.7 Å². The predicted molar refractivity (Wildman–Crippen MR) is 59.5 cm³/mol. The summed E-state index contributed by atoms with van der Waals surface area (Å²) in [6.07, 6.45) is 9.78. The normalized spacial score (nSPS) is 40.3. The molecule has 3 atom stereocenters. The fraction of sp³-hybridized carbons (Fsp3) is 0.769. The van der Waals surface area contributed by atoms with Gasteiger partial charge in [0.1, 0.15) is 5.78 Å². The average molecular weight is 205 g/mol. The zero-order valence-electron chi connectivity index (χ0n) is 9.19. The number of rotatable bonds is 2. The van der Waals surface area contributed by atoms with E-state index in [0.717, 1.165) is 43.8 Å². The van der Waals surface area contributed by atoms with Gasteiger partial charge < -0.3 is 0 Å². The third-order valence-corrected chi connectivity index (χ3v) is 4.31. The van der Waals surface area contributed by atoms with E-state index < -0.39 is 0 Å². The van der Waals surface area contributed by atoms with Gasteiger partial charge in [0.05, 0.1) is 6.54 Å². The molecule has 4 rings (SSSR count). The van der Waals surface area contributed by atoms with Crippen LogP contribution >= 0.6 is 0 Å². The first-order valence-corrected chi connectivity index (χ1v) is 6.23. The maximum atomic E-state index is 11.2. The smallest absolute Gasteiger partial charge is 0.148 e. The van der Waals surface area contributed by atoms with Crippen LogP contribution in [0.3, 0.4) is 0 Å². The molecule has 1 aliphatic heterocycles. The van der Waals surface area contributed by atoms with Crippen molar-refractivity contribution in [1.82, 2.24) is 4.90 Å². The van der Waals surface area contributed by atoms with E-state index in [9.17, 15) is 4.79 Å². The minimum Gasteiger partial charge on any atom is -0.298 e. The molecule has 0 amide bonds. The highest BCUT2D eigenvalue weighted by Gasteiger charge is 2.33. The Hall–Kier alpha value is -0.630. The highest BCUT2D eigenvalue weighted by Crippen LogP contribution is 2.40. The molecule has 0 radical (unpaired) electrons. The van der Waals surface area contributed by atoms with E-state index in [1.165, 1.54) is 19.3 Å². The van der Waals surface area contributed by atoms with Crippen molar-refractivity contribution >= 4 is 5.78 Å². The van der Waals surface area contributed by atoms with Gasteiger partial charge in [-0.25, -0.2) is 0 Å². The summed E-state index contributed by atoms with van der Waals surface area (Å²) in [4.78, 5) is 13.6. The monoisotopic (exact) mass is 205 g/mol. The van der Waals surface area contributed by atoms with Gasteiger partial charge in [-0.05, 0) is 37.0 Å². The number of nitrogens with zero attached hydrogens (tertiary/aromatic N) is 1. The first-order chi connectivity index (χ1) is 7.31. The van der Waals surface area contributed by atoms with Crippen molar-refractivity contribution in [1.29, 1.82) is 0 Å². The lowest BCUT2D eigenvalue weighted by molar-refractivity contribution is -0.117. The van der Waals surface area contributed by atoms with Gasteiger partial charge in [0.2, 0.25) is 0 Å². The molecule has 1 heterocycles. The molecular formula is C13H19NO. The van der Waals surface area contributed by atoms with E-state index in [1.54, 1.807) is 0 Å². The molecule has 2 heteroatoms. The van der Waals surface area contributed by atoms with Gasteiger partial charge in [0.15, 0.2) is 0 Å². The fourth-order valence-corrected chi connectivity index (χ4v) is 3.44. The van der Waals surface area contributed by atoms with E-state index in [0.29, 0.717) is 5.78 Å². The van der Waals surface area contributed by atoms with Crippen LogP contribution in [0.25, 0.3) is 0 Å². The Labute approximate surface area is 91.3 Å². The summed E-state index contributed by atoms with van der Waals surface area (Å²) in [6.45, 7) is 2.89.